The predicted molar refractivity (Wildman–Crippen MR) is 156 cm³/mol. The maximum absolute atomic E-state index is 13.6. The number of rotatable bonds is 9. The van der Waals surface area contributed by atoms with Gasteiger partial charge in [0.15, 0.2) is 5.78 Å². The van der Waals surface area contributed by atoms with Crippen molar-refractivity contribution in [3.05, 3.63) is 95.6 Å². The molecule has 3 aromatic heterocycles. The number of fused-ring (bicyclic) bond motifs is 1. The summed E-state index contributed by atoms with van der Waals surface area (Å²) in [6.45, 7) is 4.08. The highest BCUT2D eigenvalue weighted by molar-refractivity contribution is 6.12. The van der Waals surface area contributed by atoms with Gasteiger partial charge in [-0.05, 0) is 69.2 Å². The van der Waals surface area contributed by atoms with Crippen LogP contribution in [0.1, 0.15) is 58.4 Å². The van der Waals surface area contributed by atoms with Crippen LogP contribution in [-0.4, -0.2) is 40.3 Å². The van der Waals surface area contributed by atoms with Gasteiger partial charge >= 0.3 is 0 Å². The van der Waals surface area contributed by atoms with Gasteiger partial charge in [0, 0.05) is 76.9 Å². The summed E-state index contributed by atoms with van der Waals surface area (Å²) in [4.78, 5) is 40.1. The van der Waals surface area contributed by atoms with Gasteiger partial charge in [0.2, 0.25) is 0 Å². The van der Waals surface area contributed by atoms with Crippen molar-refractivity contribution < 1.29 is 23.1 Å². The molecule has 3 heterocycles. The van der Waals surface area contributed by atoms with Gasteiger partial charge in [-0.2, -0.15) is 0 Å². The van der Waals surface area contributed by atoms with E-state index in [9.17, 15) is 14.0 Å². The van der Waals surface area contributed by atoms with Crippen LogP contribution in [0.4, 0.5) is 4.39 Å². The number of ether oxygens (including phenoxy) is 1. The number of nitrogens with one attached hydrogen (secondary N) is 1. The Kier molecular flexibility index (Phi) is 7.02. The Labute approximate surface area is 242 Å². The summed E-state index contributed by atoms with van der Waals surface area (Å²) in [5.74, 6) is 0.770. The van der Waals surface area contributed by atoms with Gasteiger partial charge in [0.1, 0.15) is 28.7 Å². The number of carbonyl (C=O) groups excluding carboxylic acids is 2. The molecule has 0 radical (unpaired) electrons. The second kappa shape index (κ2) is 10.8. The molecule has 1 fully saturated rings. The van der Waals surface area contributed by atoms with Crippen molar-refractivity contribution in [3.8, 4) is 28.2 Å². The number of halogens is 1. The van der Waals surface area contributed by atoms with Crippen LogP contribution in [0.2, 0.25) is 0 Å². The largest absolute Gasteiger partial charge is 0.493 e. The molecular formula is C33H29FN4O4. The molecule has 1 saturated carbocycles. The second-order valence-corrected chi connectivity index (χ2v) is 10.5. The van der Waals surface area contributed by atoms with Crippen molar-refractivity contribution in [2.75, 3.05) is 13.7 Å². The lowest BCUT2D eigenvalue weighted by Gasteiger charge is -2.15. The number of aryl methyl sites for hydroxylation is 1. The van der Waals surface area contributed by atoms with E-state index < -0.39 is 5.82 Å². The monoisotopic (exact) mass is 564 g/mol. The van der Waals surface area contributed by atoms with Crippen LogP contribution in [0.25, 0.3) is 33.4 Å². The average Bonchev–Trinajstić information content (AvgIpc) is 3.69. The lowest BCUT2D eigenvalue weighted by molar-refractivity contribution is 0.0957. The van der Waals surface area contributed by atoms with Crippen LogP contribution in [0, 0.1) is 12.7 Å². The Morgan fingerprint density at radius 1 is 1.05 bits per heavy atom. The third-order valence-corrected chi connectivity index (χ3v) is 7.74. The standard InChI is InChI=1S/C33H29FN4O4/c1-4-41-27-16-28-25(29(31(40)35-3)30(42-28)20-6-8-22(34)9-7-20)15-24(27)21-14-23(19(2)38-18-21)26(39)17-33(10-11-33)32-36-12-5-13-37-32/h5-9,12-16,18H,4,10-11,17H2,1-3H3,(H,35,40). The minimum absolute atomic E-state index is 0.0289. The summed E-state index contributed by atoms with van der Waals surface area (Å²) < 4.78 is 25.8. The van der Waals surface area contributed by atoms with Gasteiger partial charge in [-0.15, -0.1) is 0 Å². The van der Waals surface area contributed by atoms with Crippen LogP contribution in [-0.2, 0) is 5.41 Å². The van der Waals surface area contributed by atoms with E-state index in [1.54, 1.807) is 49.9 Å². The van der Waals surface area contributed by atoms with E-state index in [1.807, 2.05) is 26.0 Å². The maximum Gasteiger partial charge on any atom is 0.255 e. The number of ketones is 1. The molecule has 42 heavy (non-hydrogen) atoms. The molecule has 212 valence electrons. The first kappa shape index (κ1) is 27.3. The van der Waals surface area contributed by atoms with Gasteiger partial charge in [-0.3, -0.25) is 14.6 Å². The summed E-state index contributed by atoms with van der Waals surface area (Å²) in [6.07, 6.45) is 7.12. The number of furan rings is 1. The molecule has 5 aromatic rings. The highest BCUT2D eigenvalue weighted by atomic mass is 19.1. The fourth-order valence-corrected chi connectivity index (χ4v) is 5.35. The van der Waals surface area contributed by atoms with E-state index in [1.165, 1.54) is 12.1 Å². The van der Waals surface area contributed by atoms with E-state index in [-0.39, 0.29) is 17.1 Å². The van der Waals surface area contributed by atoms with E-state index in [0.717, 1.165) is 12.8 Å². The zero-order valence-electron chi connectivity index (χ0n) is 23.5. The molecular weight excluding hydrogens is 535 g/mol. The highest BCUT2D eigenvalue weighted by Gasteiger charge is 2.48. The number of aromatic nitrogens is 3. The number of nitrogens with zero attached hydrogens (tertiary/aromatic N) is 3. The lowest BCUT2D eigenvalue weighted by Crippen LogP contribution is -2.18. The van der Waals surface area contributed by atoms with Crippen LogP contribution in [0.15, 0.2) is 71.5 Å². The molecule has 1 amide bonds. The first-order valence-electron chi connectivity index (χ1n) is 13.8. The minimum atomic E-state index is -0.390. The fourth-order valence-electron chi connectivity index (χ4n) is 5.35. The highest BCUT2D eigenvalue weighted by Crippen LogP contribution is 2.50. The van der Waals surface area contributed by atoms with Crippen LogP contribution in [0.3, 0.4) is 0 Å². The smallest absolute Gasteiger partial charge is 0.255 e. The molecule has 8 nitrogen and oxygen atoms in total. The molecule has 0 bridgehead atoms. The number of pyridine rings is 1. The normalized spacial score (nSPS) is 13.6. The van der Waals surface area contributed by atoms with Gasteiger partial charge in [-0.1, -0.05) is 0 Å². The van der Waals surface area contributed by atoms with Gasteiger partial charge in [0.25, 0.3) is 5.91 Å². The van der Waals surface area contributed by atoms with E-state index in [2.05, 4.69) is 20.3 Å². The van der Waals surface area contributed by atoms with Crippen molar-refractivity contribution in [1.82, 2.24) is 20.3 Å². The Morgan fingerprint density at radius 3 is 2.45 bits per heavy atom. The quantitative estimate of drug-likeness (QED) is 0.205. The van der Waals surface area contributed by atoms with Crippen molar-refractivity contribution in [2.24, 2.45) is 0 Å². The van der Waals surface area contributed by atoms with Crippen LogP contribution < -0.4 is 10.1 Å². The van der Waals surface area contributed by atoms with Gasteiger partial charge in [-0.25, -0.2) is 14.4 Å². The Morgan fingerprint density at radius 2 is 1.79 bits per heavy atom. The summed E-state index contributed by atoms with van der Waals surface area (Å²) >= 11 is 0. The Hall–Kier alpha value is -4.92. The zero-order chi connectivity index (χ0) is 29.4. The van der Waals surface area contributed by atoms with E-state index >= 15 is 0 Å². The molecule has 0 saturated heterocycles. The second-order valence-electron chi connectivity index (χ2n) is 10.5. The average molecular weight is 565 g/mol. The molecule has 0 atom stereocenters. The fraction of sp³-hybridized carbons (Fsp3) is 0.242. The summed E-state index contributed by atoms with van der Waals surface area (Å²) in [5.41, 5.74) is 3.45. The molecule has 0 aliphatic heterocycles. The Bertz CT molecular complexity index is 1810. The van der Waals surface area contributed by atoms with Crippen molar-refractivity contribution in [1.29, 1.82) is 0 Å². The van der Waals surface area contributed by atoms with Gasteiger partial charge < -0.3 is 14.5 Å². The van der Waals surface area contributed by atoms with Crippen LogP contribution in [0.5, 0.6) is 5.75 Å². The van der Waals surface area contributed by atoms with Crippen LogP contribution >= 0.6 is 0 Å². The third-order valence-electron chi connectivity index (χ3n) is 7.74. The van der Waals surface area contributed by atoms with E-state index in [4.69, 9.17) is 9.15 Å². The number of benzene rings is 2. The number of hydrogen-bond acceptors (Lipinski definition) is 7. The number of hydrogen-bond donors (Lipinski definition) is 1. The SMILES string of the molecule is CCOc1cc2oc(-c3ccc(F)cc3)c(C(=O)NC)c2cc1-c1cnc(C)c(C(=O)CC2(c3ncccn3)CC2)c1. The Balaban J connectivity index is 1.45. The first-order valence-corrected chi connectivity index (χ1v) is 13.8. The maximum atomic E-state index is 13.6. The summed E-state index contributed by atoms with van der Waals surface area (Å²) in [5, 5.41) is 3.24. The van der Waals surface area contributed by atoms with E-state index in [0.29, 0.717) is 74.8 Å². The van der Waals surface area contributed by atoms with Crippen molar-refractivity contribution in [3.63, 3.8) is 0 Å². The summed E-state index contributed by atoms with van der Waals surface area (Å²) in [7, 11) is 1.54. The first-order chi connectivity index (χ1) is 20.3. The molecule has 0 spiro atoms. The van der Waals surface area contributed by atoms with Crippen molar-refractivity contribution >= 4 is 22.7 Å². The van der Waals surface area contributed by atoms with Crippen molar-refractivity contribution in [2.45, 2.75) is 38.5 Å². The molecule has 1 aliphatic rings. The lowest BCUT2D eigenvalue weighted by atomic mass is 9.92. The predicted octanol–water partition coefficient (Wildman–Crippen LogP) is 6.46. The zero-order valence-corrected chi connectivity index (χ0v) is 23.5. The molecule has 6 rings (SSSR count). The summed E-state index contributed by atoms with van der Waals surface area (Å²) in [6, 6.07) is 12.9. The molecule has 2 aromatic carbocycles. The number of carbonyl (C=O) groups is 2. The number of Topliss-reactive ketones (excluding diaryl/α,β-unsaturated/α-hetero) is 1. The number of amides is 1. The molecule has 0 unspecified atom stereocenters. The van der Waals surface area contributed by atoms with Gasteiger partial charge in [0.05, 0.1) is 12.2 Å². The molecule has 9 heteroatoms. The molecule has 1 N–H and O–H groups in total. The minimum Gasteiger partial charge on any atom is -0.493 e. The molecule has 1 aliphatic carbocycles. The third kappa shape index (κ3) is 4.91. The topological polar surface area (TPSA) is 107 Å².